The zero-order chi connectivity index (χ0) is 22.1. The van der Waals surface area contributed by atoms with E-state index in [1.807, 2.05) is 52.0 Å². The van der Waals surface area contributed by atoms with Gasteiger partial charge in [-0.1, -0.05) is 12.1 Å². The van der Waals surface area contributed by atoms with Crippen LogP contribution in [0.25, 0.3) is 10.9 Å². The Bertz CT molecular complexity index is 1060. The van der Waals surface area contributed by atoms with Crippen LogP contribution in [0.3, 0.4) is 0 Å². The molecule has 0 unspecified atom stereocenters. The molecular weight excluding hydrogens is 397 g/mol. The number of fused-ring (bicyclic) bond motifs is 1. The van der Waals surface area contributed by atoms with Crippen LogP contribution < -0.4 is 14.9 Å². The van der Waals surface area contributed by atoms with Gasteiger partial charge < -0.3 is 23.9 Å². The van der Waals surface area contributed by atoms with Gasteiger partial charge in [0.1, 0.15) is 19.0 Å². The van der Waals surface area contributed by atoms with Crippen LogP contribution in [0.4, 0.5) is 0 Å². The minimum atomic E-state index is -0.428. The molecule has 1 aliphatic rings. The third-order valence-electron chi connectivity index (χ3n) is 5.68. The quantitative estimate of drug-likeness (QED) is 0.457. The molecule has 1 aromatic carbocycles. The molecule has 0 bridgehead atoms. The van der Waals surface area contributed by atoms with Gasteiger partial charge in [0.25, 0.3) is 0 Å². The molecule has 0 spiro atoms. The van der Waals surface area contributed by atoms with Crippen LogP contribution >= 0.6 is 0 Å². The largest absolute Gasteiger partial charge is 0.494 e. The predicted molar refractivity (Wildman–Crippen MR) is 116 cm³/mol. The fraction of sp³-hybridized carbons (Fsp3) is 0.409. The van der Waals surface area contributed by atoms with E-state index in [9.17, 15) is 0 Å². The van der Waals surface area contributed by atoms with E-state index in [2.05, 4.69) is 15.2 Å². The van der Waals surface area contributed by atoms with Gasteiger partial charge in [0, 0.05) is 17.0 Å². The molecule has 1 aliphatic heterocycles. The van der Waals surface area contributed by atoms with E-state index in [1.165, 1.54) is 6.20 Å². The average Bonchev–Trinajstić information content (AvgIpc) is 2.98. The zero-order valence-electron chi connectivity index (χ0n) is 18.2. The Labute approximate surface area is 181 Å². The Morgan fingerprint density at radius 2 is 1.71 bits per heavy atom. The first-order chi connectivity index (χ1) is 14.8. The lowest BCUT2D eigenvalue weighted by molar-refractivity contribution is 0.00578. The summed E-state index contributed by atoms with van der Waals surface area (Å²) in [5.74, 6) is 0.983. The molecule has 3 heterocycles. The summed E-state index contributed by atoms with van der Waals surface area (Å²) >= 11 is 0. The van der Waals surface area contributed by atoms with Crippen LogP contribution in [0.1, 0.15) is 33.3 Å². The van der Waals surface area contributed by atoms with Crippen molar-refractivity contribution in [3.05, 3.63) is 48.3 Å². The molecule has 1 saturated heterocycles. The fourth-order valence-corrected chi connectivity index (χ4v) is 3.18. The number of nitrogens with zero attached hydrogens (tertiary/aromatic N) is 3. The summed E-state index contributed by atoms with van der Waals surface area (Å²) in [6.07, 6.45) is 3.17. The van der Waals surface area contributed by atoms with Gasteiger partial charge in [-0.2, -0.15) is 5.10 Å². The molecule has 0 amide bonds. The van der Waals surface area contributed by atoms with Gasteiger partial charge in [-0.15, -0.1) is 5.10 Å². The number of pyridine rings is 1. The summed E-state index contributed by atoms with van der Waals surface area (Å²) in [5.41, 5.74) is 1.66. The number of benzene rings is 1. The number of hydrogen-bond acceptors (Lipinski definition) is 8. The molecule has 9 heteroatoms. The summed E-state index contributed by atoms with van der Waals surface area (Å²) in [7, 11) is -0.428. The van der Waals surface area contributed by atoms with E-state index in [4.69, 9.17) is 23.9 Å². The number of aliphatic hydroxyl groups excluding tert-OH is 1. The molecule has 2 aromatic heterocycles. The highest BCUT2D eigenvalue weighted by Gasteiger charge is 2.51. The molecule has 0 saturated carbocycles. The van der Waals surface area contributed by atoms with Crippen LogP contribution in [0, 0.1) is 0 Å². The van der Waals surface area contributed by atoms with Crippen LogP contribution in [-0.2, 0) is 15.9 Å². The second-order valence-corrected chi connectivity index (χ2v) is 8.47. The molecule has 1 fully saturated rings. The smallest absolute Gasteiger partial charge is 0.488 e. The molecule has 3 aromatic rings. The van der Waals surface area contributed by atoms with Gasteiger partial charge in [-0.25, -0.2) is 0 Å². The van der Waals surface area contributed by atoms with Crippen molar-refractivity contribution >= 4 is 23.5 Å². The summed E-state index contributed by atoms with van der Waals surface area (Å²) in [5, 5.41) is 17.7. The summed E-state index contributed by atoms with van der Waals surface area (Å²) in [6, 6.07) is 9.53. The third kappa shape index (κ3) is 4.63. The normalized spacial score (nSPS) is 17.1. The van der Waals surface area contributed by atoms with Gasteiger partial charge in [0.05, 0.1) is 35.7 Å². The third-order valence-corrected chi connectivity index (χ3v) is 5.68. The Balaban J connectivity index is 1.40. The lowest BCUT2D eigenvalue weighted by atomic mass is 9.78. The minimum Gasteiger partial charge on any atom is -0.488 e. The van der Waals surface area contributed by atoms with Crippen LogP contribution in [0.15, 0.2) is 42.7 Å². The van der Waals surface area contributed by atoms with Crippen molar-refractivity contribution in [2.45, 2.75) is 45.5 Å². The molecule has 31 heavy (non-hydrogen) atoms. The maximum absolute atomic E-state index is 9.14. The topological polar surface area (TPSA) is 95.8 Å². The first kappa shape index (κ1) is 21.5. The van der Waals surface area contributed by atoms with E-state index in [1.54, 1.807) is 12.3 Å². The molecule has 1 N–H and O–H groups in total. The van der Waals surface area contributed by atoms with E-state index in [-0.39, 0.29) is 13.2 Å². The van der Waals surface area contributed by atoms with E-state index in [0.29, 0.717) is 23.8 Å². The zero-order valence-corrected chi connectivity index (χ0v) is 18.2. The Morgan fingerprint density at radius 1 is 0.968 bits per heavy atom. The molecule has 0 radical (unpaired) electrons. The van der Waals surface area contributed by atoms with Crippen LogP contribution in [0.5, 0.6) is 11.6 Å². The van der Waals surface area contributed by atoms with Crippen molar-refractivity contribution in [3.8, 4) is 11.6 Å². The van der Waals surface area contributed by atoms with Crippen molar-refractivity contribution in [2.75, 3.05) is 13.2 Å². The van der Waals surface area contributed by atoms with Crippen LogP contribution in [-0.4, -0.2) is 51.8 Å². The Morgan fingerprint density at radius 3 is 2.45 bits per heavy atom. The second-order valence-electron chi connectivity index (χ2n) is 8.47. The van der Waals surface area contributed by atoms with Crippen molar-refractivity contribution < 1.29 is 23.9 Å². The molecule has 4 rings (SSSR count). The van der Waals surface area contributed by atoms with Gasteiger partial charge in [0.2, 0.25) is 5.88 Å². The molecular formula is C22H26BN3O5. The summed E-state index contributed by atoms with van der Waals surface area (Å²) in [6.45, 7) is 8.64. The van der Waals surface area contributed by atoms with Crippen LogP contribution in [0.2, 0.25) is 0 Å². The number of aromatic nitrogens is 3. The fourth-order valence-electron chi connectivity index (χ4n) is 3.18. The van der Waals surface area contributed by atoms with Crippen molar-refractivity contribution in [1.29, 1.82) is 0 Å². The first-order valence-electron chi connectivity index (χ1n) is 10.2. The minimum absolute atomic E-state index is 0.112. The molecule has 0 aliphatic carbocycles. The Hall–Kier alpha value is -2.75. The maximum Gasteiger partial charge on any atom is 0.494 e. The molecule has 0 atom stereocenters. The van der Waals surface area contributed by atoms with Crippen molar-refractivity contribution in [2.24, 2.45) is 0 Å². The number of ether oxygens (including phenoxy) is 2. The van der Waals surface area contributed by atoms with Gasteiger partial charge >= 0.3 is 7.12 Å². The highest BCUT2D eigenvalue weighted by atomic mass is 16.7. The number of hydrogen-bond donors (Lipinski definition) is 1. The van der Waals surface area contributed by atoms with Gasteiger partial charge in [-0.3, -0.25) is 4.98 Å². The van der Waals surface area contributed by atoms with E-state index >= 15 is 0 Å². The lowest BCUT2D eigenvalue weighted by Crippen LogP contribution is -2.41. The van der Waals surface area contributed by atoms with E-state index in [0.717, 1.165) is 16.4 Å². The van der Waals surface area contributed by atoms with Gasteiger partial charge in [0.15, 0.2) is 0 Å². The first-order valence-corrected chi connectivity index (χ1v) is 10.2. The second kappa shape index (κ2) is 8.41. The number of aliphatic hydroxyl groups is 1. The Kier molecular flexibility index (Phi) is 5.83. The van der Waals surface area contributed by atoms with Crippen molar-refractivity contribution in [3.63, 3.8) is 0 Å². The lowest BCUT2D eigenvalue weighted by Gasteiger charge is -2.32. The molecule has 162 valence electrons. The summed E-state index contributed by atoms with van der Waals surface area (Å²) < 4.78 is 23.6. The van der Waals surface area contributed by atoms with E-state index < -0.39 is 18.3 Å². The standard InChI is InChI=1S/C22H26BN3O5/c1-21(2)22(3,4)31-23(30-21)17-5-6-19-16(10-17)11-18(13-24-19)28-7-8-29-20-9-15(14-27)12-25-26-20/h5-6,9-13,27H,7-8,14H2,1-4H3. The monoisotopic (exact) mass is 423 g/mol. The maximum atomic E-state index is 9.14. The van der Waals surface area contributed by atoms with Crippen molar-refractivity contribution in [1.82, 2.24) is 15.2 Å². The summed E-state index contributed by atoms with van der Waals surface area (Å²) in [4.78, 5) is 4.47. The highest BCUT2D eigenvalue weighted by Crippen LogP contribution is 2.36. The molecule has 8 nitrogen and oxygen atoms in total. The average molecular weight is 423 g/mol. The SMILES string of the molecule is CC1(C)OB(c2ccc3ncc(OCCOc4cc(CO)cnn4)cc3c2)OC1(C)C. The number of rotatable bonds is 7. The highest BCUT2D eigenvalue weighted by molar-refractivity contribution is 6.62. The predicted octanol–water partition coefficient (Wildman–Crippen LogP) is 2.27. The van der Waals surface area contributed by atoms with Gasteiger partial charge in [-0.05, 0) is 45.3 Å².